The molecule has 4 rings (SSSR count). The Bertz CT molecular complexity index is 877. The van der Waals surface area contributed by atoms with Crippen molar-refractivity contribution in [3.63, 3.8) is 0 Å². The Kier molecular flexibility index (Phi) is 9.59. The van der Waals surface area contributed by atoms with E-state index >= 15 is 0 Å². The predicted octanol–water partition coefficient (Wildman–Crippen LogP) is 3.64. The van der Waals surface area contributed by atoms with E-state index in [1.54, 1.807) is 12.1 Å². The van der Waals surface area contributed by atoms with Crippen molar-refractivity contribution in [2.45, 2.75) is 89.3 Å². The first-order chi connectivity index (χ1) is 16.4. The van der Waals surface area contributed by atoms with Crippen molar-refractivity contribution in [1.82, 2.24) is 15.1 Å². The third-order valence-electron chi connectivity index (χ3n) is 8.17. The quantitative estimate of drug-likeness (QED) is 0.565. The van der Waals surface area contributed by atoms with Gasteiger partial charge in [0.15, 0.2) is 0 Å². The molecule has 0 radical (unpaired) electrons. The molecule has 0 bridgehead atoms. The van der Waals surface area contributed by atoms with Gasteiger partial charge in [0, 0.05) is 31.7 Å². The number of primary amides is 1. The first kappa shape index (κ1) is 27.5. The molecule has 1 spiro atoms. The molecule has 194 valence electrons. The Morgan fingerprint density at radius 1 is 1.09 bits per heavy atom. The van der Waals surface area contributed by atoms with Crippen molar-refractivity contribution in [2.75, 3.05) is 19.6 Å². The number of carbonyl (C=O) groups is 3. The van der Waals surface area contributed by atoms with Crippen LogP contribution in [0.1, 0.15) is 87.1 Å². The molecule has 1 aliphatic carbocycles. The summed E-state index contributed by atoms with van der Waals surface area (Å²) in [5.74, 6) is 0.310. The number of rotatable bonds is 8. The molecule has 1 atom stereocenters. The van der Waals surface area contributed by atoms with Crippen LogP contribution in [0.4, 0.5) is 0 Å². The molecule has 1 saturated carbocycles. The molecule has 3 aliphatic rings. The van der Waals surface area contributed by atoms with Crippen LogP contribution in [0, 0.1) is 5.92 Å². The van der Waals surface area contributed by atoms with Crippen molar-refractivity contribution in [3.8, 4) is 0 Å². The summed E-state index contributed by atoms with van der Waals surface area (Å²) in [6.07, 6.45) is 10.1. The minimum atomic E-state index is -0.721. The fraction of sp³-hybridized carbons (Fsp3) is 0.667. The van der Waals surface area contributed by atoms with Crippen molar-refractivity contribution >= 4 is 30.1 Å². The molecule has 7 nitrogen and oxygen atoms in total. The molecule has 2 saturated heterocycles. The first-order valence-electron chi connectivity index (χ1n) is 13.2. The predicted molar refractivity (Wildman–Crippen MR) is 139 cm³/mol. The molecule has 3 amide bonds. The number of piperidine rings is 1. The molecule has 0 unspecified atom stereocenters. The molecule has 1 aromatic carbocycles. The highest BCUT2D eigenvalue weighted by atomic mass is 35.5. The van der Waals surface area contributed by atoms with Gasteiger partial charge in [0.1, 0.15) is 11.6 Å². The second kappa shape index (κ2) is 12.2. The lowest BCUT2D eigenvalue weighted by Crippen LogP contribution is -2.73. The number of nitrogens with zero attached hydrogens (tertiary/aromatic N) is 2. The number of amides is 3. The first-order valence-corrected chi connectivity index (χ1v) is 13.2. The van der Waals surface area contributed by atoms with E-state index in [1.165, 1.54) is 32.1 Å². The van der Waals surface area contributed by atoms with Gasteiger partial charge in [-0.15, -0.1) is 12.4 Å². The monoisotopic (exact) mass is 504 g/mol. The van der Waals surface area contributed by atoms with E-state index < -0.39 is 11.4 Å². The number of likely N-dealkylation sites (tertiary alicyclic amines) is 1. The van der Waals surface area contributed by atoms with E-state index in [4.69, 9.17) is 5.73 Å². The van der Waals surface area contributed by atoms with Gasteiger partial charge in [-0.05, 0) is 49.3 Å². The van der Waals surface area contributed by atoms with Gasteiger partial charge >= 0.3 is 0 Å². The molecule has 2 aliphatic heterocycles. The topological polar surface area (TPSA) is 95.7 Å². The lowest BCUT2D eigenvalue weighted by Gasteiger charge is -2.52. The SMILES string of the molecule is CCCCN1C(=O)[C@H](CC2CCCCC2)NC(=O)C12CCN(Cc1ccc(C(N)=O)cc1)CC2.Cl. The van der Waals surface area contributed by atoms with Gasteiger partial charge in [-0.3, -0.25) is 19.3 Å². The van der Waals surface area contributed by atoms with Gasteiger partial charge in [0.05, 0.1) is 0 Å². The van der Waals surface area contributed by atoms with E-state index in [-0.39, 0.29) is 30.3 Å². The maximum Gasteiger partial charge on any atom is 0.248 e. The minimum absolute atomic E-state index is 0. The maximum atomic E-state index is 13.6. The summed E-state index contributed by atoms with van der Waals surface area (Å²) in [5.41, 5.74) is 6.24. The van der Waals surface area contributed by atoms with Gasteiger partial charge < -0.3 is 16.0 Å². The number of carbonyl (C=O) groups excluding carboxylic acids is 3. The average Bonchev–Trinajstić information content (AvgIpc) is 2.85. The summed E-state index contributed by atoms with van der Waals surface area (Å²) in [6, 6.07) is 7.03. The maximum absolute atomic E-state index is 13.6. The molecule has 3 N–H and O–H groups in total. The minimum Gasteiger partial charge on any atom is -0.366 e. The standard InChI is InChI=1S/C27H40N4O3.ClH/c1-2-3-15-31-25(33)23(18-20-7-5-4-6-8-20)29-26(34)27(31)13-16-30(17-14-27)19-21-9-11-22(12-10-21)24(28)32;/h9-12,20,23H,2-8,13-19H2,1H3,(H2,28,32)(H,29,34);1H/t23-;/m0./s1. The summed E-state index contributed by atoms with van der Waals surface area (Å²) >= 11 is 0. The number of unbranched alkanes of at least 4 members (excludes halogenated alkanes) is 1. The number of nitrogens with two attached hydrogens (primary N) is 1. The summed E-state index contributed by atoms with van der Waals surface area (Å²) in [4.78, 5) is 42.8. The van der Waals surface area contributed by atoms with E-state index in [9.17, 15) is 14.4 Å². The molecule has 1 aromatic rings. The van der Waals surface area contributed by atoms with Gasteiger partial charge in [0.25, 0.3) is 0 Å². The zero-order valence-electron chi connectivity index (χ0n) is 21.0. The fourth-order valence-corrected chi connectivity index (χ4v) is 6.04. The highest BCUT2D eigenvalue weighted by molar-refractivity contribution is 6.00. The molecular formula is C27H41ClN4O3. The zero-order valence-corrected chi connectivity index (χ0v) is 21.8. The number of piperazine rings is 1. The second-order valence-corrected chi connectivity index (χ2v) is 10.5. The molecule has 8 heteroatoms. The highest BCUT2D eigenvalue weighted by Crippen LogP contribution is 2.36. The smallest absolute Gasteiger partial charge is 0.248 e. The van der Waals surface area contributed by atoms with Crippen LogP contribution in [0.2, 0.25) is 0 Å². The molecule has 35 heavy (non-hydrogen) atoms. The Labute approximate surface area is 215 Å². The van der Waals surface area contributed by atoms with Crippen LogP contribution in [-0.4, -0.2) is 58.7 Å². The molecule has 3 fully saturated rings. The Morgan fingerprint density at radius 3 is 2.34 bits per heavy atom. The number of halogens is 1. The van der Waals surface area contributed by atoms with Crippen molar-refractivity contribution in [1.29, 1.82) is 0 Å². The summed E-state index contributed by atoms with van der Waals surface area (Å²) in [6.45, 7) is 5.07. The van der Waals surface area contributed by atoms with E-state index in [0.29, 0.717) is 30.9 Å². The summed E-state index contributed by atoms with van der Waals surface area (Å²) in [7, 11) is 0. The molecule has 0 aromatic heterocycles. The van der Waals surface area contributed by atoms with Crippen LogP contribution in [0.5, 0.6) is 0 Å². The largest absolute Gasteiger partial charge is 0.366 e. The van der Waals surface area contributed by atoms with Gasteiger partial charge in [-0.2, -0.15) is 0 Å². The van der Waals surface area contributed by atoms with Crippen molar-refractivity contribution in [3.05, 3.63) is 35.4 Å². The average molecular weight is 505 g/mol. The number of hydrogen-bond acceptors (Lipinski definition) is 4. The van der Waals surface area contributed by atoms with E-state index in [2.05, 4.69) is 17.1 Å². The number of benzene rings is 1. The van der Waals surface area contributed by atoms with Crippen molar-refractivity contribution < 1.29 is 14.4 Å². The third kappa shape index (κ3) is 6.18. The van der Waals surface area contributed by atoms with Crippen LogP contribution in [0.15, 0.2) is 24.3 Å². The lowest BCUT2D eigenvalue weighted by molar-refractivity contribution is -0.162. The fourth-order valence-electron chi connectivity index (χ4n) is 6.04. The lowest BCUT2D eigenvalue weighted by atomic mass is 9.79. The summed E-state index contributed by atoms with van der Waals surface area (Å²) in [5, 5.41) is 3.17. The Morgan fingerprint density at radius 2 is 1.74 bits per heavy atom. The van der Waals surface area contributed by atoms with Crippen LogP contribution >= 0.6 is 12.4 Å². The normalized spacial score (nSPS) is 23.1. The van der Waals surface area contributed by atoms with Gasteiger partial charge in [-0.25, -0.2) is 0 Å². The van der Waals surface area contributed by atoms with Gasteiger partial charge in [0.2, 0.25) is 17.7 Å². The van der Waals surface area contributed by atoms with E-state index in [1.807, 2.05) is 17.0 Å². The Balaban J connectivity index is 0.00000342. The van der Waals surface area contributed by atoms with E-state index in [0.717, 1.165) is 44.5 Å². The summed E-state index contributed by atoms with van der Waals surface area (Å²) < 4.78 is 0. The van der Waals surface area contributed by atoms with Crippen LogP contribution < -0.4 is 11.1 Å². The van der Waals surface area contributed by atoms with Crippen LogP contribution in [0.25, 0.3) is 0 Å². The van der Waals surface area contributed by atoms with Crippen molar-refractivity contribution in [2.24, 2.45) is 11.7 Å². The Hall–Kier alpha value is -2.12. The number of hydrogen-bond donors (Lipinski definition) is 2. The zero-order chi connectivity index (χ0) is 24.1. The third-order valence-corrected chi connectivity index (χ3v) is 8.17. The van der Waals surface area contributed by atoms with Crippen LogP contribution in [-0.2, 0) is 16.1 Å². The molecular weight excluding hydrogens is 464 g/mol. The van der Waals surface area contributed by atoms with Crippen LogP contribution in [0.3, 0.4) is 0 Å². The van der Waals surface area contributed by atoms with Gasteiger partial charge in [-0.1, -0.05) is 57.6 Å². The number of nitrogens with one attached hydrogen (secondary N) is 1. The molecule has 2 heterocycles. The highest BCUT2D eigenvalue weighted by Gasteiger charge is 2.53. The second-order valence-electron chi connectivity index (χ2n) is 10.5.